The molecule has 2 aliphatic heterocycles. The summed E-state index contributed by atoms with van der Waals surface area (Å²) in [6, 6.07) is 25.1. The quantitative estimate of drug-likeness (QED) is 0.233. The van der Waals surface area contributed by atoms with Crippen molar-refractivity contribution in [2.75, 3.05) is 45.2 Å². The first-order chi connectivity index (χ1) is 21.6. The van der Waals surface area contributed by atoms with Gasteiger partial charge in [0.15, 0.2) is 0 Å². The predicted octanol–water partition coefficient (Wildman–Crippen LogP) is 6.82. The summed E-state index contributed by atoms with van der Waals surface area (Å²) in [5.41, 5.74) is 4.15. The molecule has 2 heterocycles. The number of alkyl halides is 3. The molecule has 3 aromatic rings. The highest BCUT2D eigenvalue weighted by molar-refractivity contribution is 5.92. The number of amides is 1. The molecule has 0 saturated carbocycles. The zero-order chi connectivity index (χ0) is 31.8. The number of nitrogens with zero attached hydrogens (tertiary/aromatic N) is 4. The van der Waals surface area contributed by atoms with Crippen LogP contribution in [0.2, 0.25) is 0 Å². The molecule has 0 unspecified atom stereocenters. The van der Waals surface area contributed by atoms with Crippen LogP contribution in [0.15, 0.2) is 84.9 Å². The van der Waals surface area contributed by atoms with Crippen molar-refractivity contribution in [1.29, 1.82) is 0 Å². The van der Waals surface area contributed by atoms with Crippen molar-refractivity contribution >= 4 is 17.7 Å². The third-order valence-electron chi connectivity index (χ3n) is 8.99. The molecule has 2 aliphatic rings. The summed E-state index contributed by atoms with van der Waals surface area (Å²) >= 11 is 0. The van der Waals surface area contributed by atoms with E-state index < -0.39 is 6.36 Å². The summed E-state index contributed by atoms with van der Waals surface area (Å²) in [7, 11) is 4.33. The van der Waals surface area contributed by atoms with Gasteiger partial charge in [-0.3, -0.25) is 9.69 Å². The van der Waals surface area contributed by atoms with Gasteiger partial charge in [-0.1, -0.05) is 54.6 Å². The number of piperidine rings is 2. The fourth-order valence-corrected chi connectivity index (χ4v) is 6.29. The van der Waals surface area contributed by atoms with E-state index in [4.69, 9.17) is 0 Å². The first-order valence-corrected chi connectivity index (χ1v) is 15.7. The third kappa shape index (κ3) is 9.58. The molecule has 1 amide bonds. The number of carbonyl (C=O) groups is 1. The Hall–Kier alpha value is -3.82. The monoisotopic (exact) mass is 620 g/mol. The van der Waals surface area contributed by atoms with Crippen LogP contribution in [0.3, 0.4) is 0 Å². The topological polar surface area (TPSA) is 39.3 Å². The van der Waals surface area contributed by atoms with Crippen LogP contribution < -0.4 is 9.64 Å². The molecule has 240 valence electrons. The minimum Gasteiger partial charge on any atom is -0.406 e. The molecule has 0 atom stereocenters. The predicted molar refractivity (Wildman–Crippen MR) is 173 cm³/mol. The van der Waals surface area contributed by atoms with Crippen LogP contribution in [-0.2, 0) is 17.9 Å². The summed E-state index contributed by atoms with van der Waals surface area (Å²) < 4.78 is 41.6. The highest BCUT2D eigenvalue weighted by Gasteiger charge is 2.31. The van der Waals surface area contributed by atoms with Gasteiger partial charge < -0.3 is 19.4 Å². The number of hydrogen-bond acceptors (Lipinski definition) is 5. The zero-order valence-corrected chi connectivity index (χ0v) is 26.1. The second kappa shape index (κ2) is 15.0. The molecular formula is C36H43F3N4O2. The average molecular weight is 621 g/mol. The number of rotatable bonds is 10. The van der Waals surface area contributed by atoms with E-state index in [1.54, 1.807) is 6.08 Å². The Morgan fingerprint density at radius 3 is 2.09 bits per heavy atom. The maximum atomic E-state index is 13.7. The first-order valence-electron chi connectivity index (χ1n) is 15.7. The molecule has 9 heteroatoms. The molecule has 0 aliphatic carbocycles. The van der Waals surface area contributed by atoms with Gasteiger partial charge in [0.1, 0.15) is 5.75 Å². The van der Waals surface area contributed by atoms with Crippen molar-refractivity contribution in [3.8, 4) is 5.75 Å². The lowest BCUT2D eigenvalue weighted by Crippen LogP contribution is -2.46. The standard InChI is InChI=1S/C36H43F3N4O2/c1-40-22-18-32(19-23-40)41(2)31-13-8-30(9-14-31)27-43(33-20-24-42(25-21-33)26-29-6-4-3-5-7-29)35(44)17-12-28-10-15-34(16-11-28)45-36(37,38)39/h3-17,32-33H,18-27H2,1-2H3. The second-order valence-corrected chi connectivity index (χ2v) is 12.2. The maximum Gasteiger partial charge on any atom is 0.573 e. The molecule has 45 heavy (non-hydrogen) atoms. The molecule has 0 spiro atoms. The van der Waals surface area contributed by atoms with Crippen molar-refractivity contribution in [2.45, 2.75) is 57.2 Å². The van der Waals surface area contributed by atoms with E-state index in [0.717, 1.165) is 64.0 Å². The van der Waals surface area contributed by atoms with Crippen LogP contribution >= 0.6 is 0 Å². The average Bonchev–Trinajstić information content (AvgIpc) is 3.04. The number of ether oxygens (including phenoxy) is 1. The fraction of sp³-hybridized carbons (Fsp3) is 0.417. The van der Waals surface area contributed by atoms with E-state index in [1.807, 2.05) is 11.0 Å². The zero-order valence-electron chi connectivity index (χ0n) is 26.1. The highest BCUT2D eigenvalue weighted by atomic mass is 19.4. The fourth-order valence-electron chi connectivity index (χ4n) is 6.29. The van der Waals surface area contributed by atoms with Crippen LogP contribution in [-0.4, -0.2) is 79.3 Å². The van der Waals surface area contributed by atoms with Gasteiger partial charge >= 0.3 is 6.36 Å². The molecular weight excluding hydrogens is 577 g/mol. The summed E-state index contributed by atoms with van der Waals surface area (Å²) in [5.74, 6) is -0.403. The Labute approximate surface area is 264 Å². The number of halogens is 3. The van der Waals surface area contributed by atoms with Gasteiger partial charge in [-0.05, 0) is 92.9 Å². The van der Waals surface area contributed by atoms with E-state index in [-0.39, 0.29) is 17.7 Å². The van der Waals surface area contributed by atoms with Crippen molar-refractivity contribution in [2.24, 2.45) is 0 Å². The van der Waals surface area contributed by atoms with Crippen molar-refractivity contribution in [3.63, 3.8) is 0 Å². The summed E-state index contributed by atoms with van der Waals surface area (Å²) in [6.45, 7) is 5.38. The molecule has 2 saturated heterocycles. The Morgan fingerprint density at radius 2 is 1.47 bits per heavy atom. The van der Waals surface area contributed by atoms with Gasteiger partial charge in [-0.25, -0.2) is 0 Å². The van der Waals surface area contributed by atoms with Gasteiger partial charge in [-0.2, -0.15) is 0 Å². The van der Waals surface area contributed by atoms with E-state index in [0.29, 0.717) is 18.2 Å². The van der Waals surface area contributed by atoms with Gasteiger partial charge in [0, 0.05) is 57.1 Å². The van der Waals surface area contributed by atoms with E-state index in [1.165, 1.54) is 41.6 Å². The highest BCUT2D eigenvalue weighted by Crippen LogP contribution is 2.26. The lowest BCUT2D eigenvalue weighted by molar-refractivity contribution is -0.274. The van der Waals surface area contributed by atoms with Gasteiger partial charge in [0.25, 0.3) is 0 Å². The lowest BCUT2D eigenvalue weighted by atomic mass is 10.0. The van der Waals surface area contributed by atoms with E-state index >= 15 is 0 Å². The Kier molecular flexibility index (Phi) is 10.8. The van der Waals surface area contributed by atoms with Crippen LogP contribution in [0.4, 0.5) is 18.9 Å². The Morgan fingerprint density at radius 1 is 0.844 bits per heavy atom. The molecule has 0 bridgehead atoms. The van der Waals surface area contributed by atoms with Crippen LogP contribution in [0.5, 0.6) is 5.75 Å². The molecule has 2 fully saturated rings. The lowest BCUT2D eigenvalue weighted by Gasteiger charge is -2.38. The first kappa shape index (κ1) is 32.6. The van der Waals surface area contributed by atoms with Crippen molar-refractivity contribution < 1.29 is 22.7 Å². The minimum atomic E-state index is -4.75. The summed E-state index contributed by atoms with van der Waals surface area (Å²) in [6.07, 6.45) is 2.45. The van der Waals surface area contributed by atoms with Gasteiger partial charge in [-0.15, -0.1) is 13.2 Å². The van der Waals surface area contributed by atoms with Gasteiger partial charge in [0.05, 0.1) is 0 Å². The number of carbonyl (C=O) groups excluding carboxylic acids is 1. The van der Waals surface area contributed by atoms with Crippen LogP contribution in [0.25, 0.3) is 6.08 Å². The molecule has 5 rings (SSSR count). The van der Waals surface area contributed by atoms with E-state index in [9.17, 15) is 18.0 Å². The Bertz CT molecular complexity index is 1380. The normalized spacial score (nSPS) is 17.4. The minimum absolute atomic E-state index is 0.0818. The summed E-state index contributed by atoms with van der Waals surface area (Å²) in [5, 5.41) is 0. The number of anilines is 1. The molecule has 0 radical (unpaired) electrons. The molecule has 0 N–H and O–H groups in total. The number of hydrogen-bond donors (Lipinski definition) is 0. The summed E-state index contributed by atoms with van der Waals surface area (Å²) in [4.78, 5) is 22.8. The SMILES string of the molecule is CN1CCC(N(C)c2ccc(CN(C(=O)C=Cc3ccc(OC(F)(F)F)cc3)C3CCN(Cc4ccccc4)CC3)cc2)CC1. The molecule has 3 aromatic carbocycles. The van der Waals surface area contributed by atoms with Crippen molar-refractivity contribution in [1.82, 2.24) is 14.7 Å². The second-order valence-electron chi connectivity index (χ2n) is 12.2. The number of likely N-dealkylation sites (tertiary alicyclic amines) is 2. The van der Waals surface area contributed by atoms with Gasteiger partial charge in [0.2, 0.25) is 5.91 Å². The third-order valence-corrected chi connectivity index (χ3v) is 8.99. The van der Waals surface area contributed by atoms with Crippen molar-refractivity contribution in [3.05, 3.63) is 102 Å². The molecule has 0 aromatic heterocycles. The number of benzene rings is 3. The van der Waals surface area contributed by atoms with E-state index in [2.05, 4.69) is 82.1 Å². The smallest absolute Gasteiger partial charge is 0.406 e. The largest absolute Gasteiger partial charge is 0.573 e. The van der Waals surface area contributed by atoms with Crippen LogP contribution in [0, 0.1) is 0 Å². The Balaban J connectivity index is 1.26. The van der Waals surface area contributed by atoms with Crippen LogP contribution in [0.1, 0.15) is 42.4 Å². The maximum absolute atomic E-state index is 13.7. The molecule has 6 nitrogen and oxygen atoms in total.